The average Bonchev–Trinajstić information content (AvgIpc) is 2.66. The van der Waals surface area contributed by atoms with Crippen LogP contribution >= 0.6 is 0 Å². The molecule has 0 saturated carbocycles. The lowest BCUT2D eigenvalue weighted by Crippen LogP contribution is -2.31. The van der Waals surface area contributed by atoms with E-state index in [9.17, 15) is 4.79 Å². The number of carbonyl (C=O) groups excluding carboxylic acids is 1. The summed E-state index contributed by atoms with van der Waals surface area (Å²) in [5.41, 5.74) is 3.60. The van der Waals surface area contributed by atoms with Crippen molar-refractivity contribution in [1.29, 1.82) is 0 Å². The summed E-state index contributed by atoms with van der Waals surface area (Å²) in [4.78, 5) is 14.8. The summed E-state index contributed by atoms with van der Waals surface area (Å²) in [5.74, 6) is 0.972. The van der Waals surface area contributed by atoms with Crippen LogP contribution in [0.5, 0.6) is 5.75 Å². The Bertz CT molecular complexity index is 725. The number of likely N-dealkylation sites (N-methyl/N-ethyl adjacent to an activating group) is 1. The van der Waals surface area contributed by atoms with E-state index < -0.39 is 0 Å². The Balaban J connectivity index is 1.52. The molecule has 1 aliphatic rings. The first-order valence-electron chi connectivity index (χ1n) is 9.35. The fourth-order valence-corrected chi connectivity index (χ4v) is 3.39. The third-order valence-corrected chi connectivity index (χ3v) is 4.88. The van der Waals surface area contributed by atoms with Gasteiger partial charge in [-0.1, -0.05) is 36.4 Å². The van der Waals surface area contributed by atoms with Gasteiger partial charge in [0.2, 0.25) is 5.91 Å². The Morgan fingerprint density at radius 3 is 2.69 bits per heavy atom. The summed E-state index contributed by atoms with van der Waals surface area (Å²) in [5, 5.41) is 3.10. The SMILES string of the molecule is CN(C)CCOc1ccc(CNC(=O)[C@H]2CCCc3ccccc32)cc1. The maximum Gasteiger partial charge on any atom is 0.227 e. The molecule has 0 aromatic heterocycles. The van der Waals surface area contributed by atoms with E-state index in [0.717, 1.165) is 37.1 Å². The molecule has 0 saturated heterocycles. The van der Waals surface area contributed by atoms with Gasteiger partial charge >= 0.3 is 0 Å². The molecule has 1 amide bonds. The lowest BCUT2D eigenvalue weighted by Gasteiger charge is -2.24. The fraction of sp³-hybridized carbons (Fsp3) is 0.409. The van der Waals surface area contributed by atoms with Gasteiger partial charge in [0.25, 0.3) is 0 Å². The van der Waals surface area contributed by atoms with Crippen molar-refractivity contribution >= 4 is 5.91 Å². The highest BCUT2D eigenvalue weighted by Crippen LogP contribution is 2.31. The predicted octanol–water partition coefficient (Wildman–Crippen LogP) is 3.36. The molecule has 0 fully saturated rings. The molecule has 4 nitrogen and oxygen atoms in total. The molecular formula is C22H28N2O2. The van der Waals surface area contributed by atoms with Gasteiger partial charge in [0.15, 0.2) is 0 Å². The zero-order valence-electron chi connectivity index (χ0n) is 15.7. The monoisotopic (exact) mass is 352 g/mol. The van der Waals surface area contributed by atoms with Crippen LogP contribution in [0.4, 0.5) is 0 Å². The van der Waals surface area contributed by atoms with E-state index in [1.54, 1.807) is 0 Å². The molecule has 0 heterocycles. The van der Waals surface area contributed by atoms with Gasteiger partial charge in [-0.15, -0.1) is 0 Å². The molecule has 0 radical (unpaired) electrons. The summed E-state index contributed by atoms with van der Waals surface area (Å²) in [7, 11) is 4.06. The molecule has 0 spiro atoms. The zero-order chi connectivity index (χ0) is 18.4. The Kier molecular flexibility index (Phi) is 6.29. The van der Waals surface area contributed by atoms with E-state index in [0.29, 0.717) is 13.2 Å². The lowest BCUT2D eigenvalue weighted by atomic mass is 9.82. The van der Waals surface area contributed by atoms with Crippen LogP contribution in [0.1, 0.15) is 35.4 Å². The molecule has 0 bridgehead atoms. The minimum absolute atomic E-state index is 0.0198. The van der Waals surface area contributed by atoms with Gasteiger partial charge in [0, 0.05) is 13.1 Å². The van der Waals surface area contributed by atoms with Gasteiger partial charge in [0.05, 0.1) is 5.92 Å². The van der Waals surface area contributed by atoms with Gasteiger partial charge in [-0.05, 0) is 62.2 Å². The fourth-order valence-electron chi connectivity index (χ4n) is 3.39. The molecule has 1 atom stereocenters. The van der Waals surface area contributed by atoms with E-state index in [2.05, 4.69) is 28.4 Å². The van der Waals surface area contributed by atoms with Gasteiger partial charge < -0.3 is 15.0 Å². The zero-order valence-corrected chi connectivity index (χ0v) is 15.7. The molecule has 3 rings (SSSR count). The summed E-state index contributed by atoms with van der Waals surface area (Å²) < 4.78 is 5.70. The number of carbonyl (C=O) groups is 1. The van der Waals surface area contributed by atoms with Crippen molar-refractivity contribution < 1.29 is 9.53 Å². The number of hydrogen-bond acceptors (Lipinski definition) is 3. The highest BCUT2D eigenvalue weighted by Gasteiger charge is 2.25. The normalized spacial score (nSPS) is 16.2. The predicted molar refractivity (Wildman–Crippen MR) is 104 cm³/mol. The number of amides is 1. The van der Waals surface area contributed by atoms with Crippen molar-refractivity contribution in [3.63, 3.8) is 0 Å². The van der Waals surface area contributed by atoms with E-state index in [4.69, 9.17) is 4.74 Å². The third-order valence-electron chi connectivity index (χ3n) is 4.88. The van der Waals surface area contributed by atoms with Gasteiger partial charge in [0.1, 0.15) is 12.4 Å². The molecule has 1 N–H and O–H groups in total. The smallest absolute Gasteiger partial charge is 0.227 e. The van der Waals surface area contributed by atoms with Crippen molar-refractivity contribution in [3.8, 4) is 5.75 Å². The Morgan fingerprint density at radius 2 is 1.92 bits per heavy atom. The first kappa shape index (κ1) is 18.5. The number of nitrogens with zero attached hydrogens (tertiary/aromatic N) is 1. The number of ether oxygens (including phenoxy) is 1. The number of fused-ring (bicyclic) bond motifs is 1. The summed E-state index contributed by atoms with van der Waals surface area (Å²) in [6.45, 7) is 2.11. The first-order chi connectivity index (χ1) is 12.6. The molecule has 2 aromatic rings. The standard InChI is InChI=1S/C22H28N2O2/c1-24(2)14-15-26-19-12-10-17(11-13-19)16-23-22(25)21-9-5-7-18-6-3-4-8-20(18)21/h3-4,6,8,10-13,21H,5,7,9,14-16H2,1-2H3,(H,23,25)/t21-/m0/s1. The molecular weight excluding hydrogens is 324 g/mol. The minimum Gasteiger partial charge on any atom is -0.492 e. The van der Waals surface area contributed by atoms with E-state index >= 15 is 0 Å². The molecule has 2 aromatic carbocycles. The molecule has 1 aliphatic carbocycles. The highest BCUT2D eigenvalue weighted by molar-refractivity contribution is 5.84. The van der Waals surface area contributed by atoms with Crippen molar-refractivity contribution in [2.45, 2.75) is 31.7 Å². The van der Waals surface area contributed by atoms with Crippen LogP contribution in [-0.2, 0) is 17.8 Å². The van der Waals surface area contributed by atoms with Gasteiger partial charge in [-0.25, -0.2) is 0 Å². The van der Waals surface area contributed by atoms with Crippen molar-refractivity contribution in [3.05, 3.63) is 65.2 Å². The molecule has 0 aliphatic heterocycles. The van der Waals surface area contributed by atoms with Crippen LogP contribution in [0, 0.1) is 0 Å². The number of aryl methyl sites for hydroxylation is 1. The number of rotatable bonds is 7. The van der Waals surface area contributed by atoms with E-state index in [-0.39, 0.29) is 11.8 Å². The Morgan fingerprint density at radius 1 is 1.15 bits per heavy atom. The maximum atomic E-state index is 12.7. The summed E-state index contributed by atoms with van der Waals surface area (Å²) in [6.07, 6.45) is 3.09. The van der Waals surface area contributed by atoms with Crippen molar-refractivity contribution in [2.24, 2.45) is 0 Å². The van der Waals surface area contributed by atoms with Crippen LogP contribution < -0.4 is 10.1 Å². The highest BCUT2D eigenvalue weighted by atomic mass is 16.5. The number of nitrogens with one attached hydrogen (secondary N) is 1. The van der Waals surface area contributed by atoms with Crippen molar-refractivity contribution in [1.82, 2.24) is 10.2 Å². The molecule has 0 unspecified atom stereocenters. The Labute approximate surface area is 156 Å². The van der Waals surface area contributed by atoms with Crippen LogP contribution in [-0.4, -0.2) is 38.1 Å². The topological polar surface area (TPSA) is 41.6 Å². The summed E-state index contributed by atoms with van der Waals surface area (Å²) in [6, 6.07) is 16.3. The van der Waals surface area contributed by atoms with E-state index in [1.807, 2.05) is 44.4 Å². The second kappa shape index (κ2) is 8.86. The Hall–Kier alpha value is -2.33. The molecule has 138 valence electrons. The van der Waals surface area contributed by atoms with Crippen LogP contribution in [0.2, 0.25) is 0 Å². The average molecular weight is 352 g/mol. The number of benzene rings is 2. The lowest BCUT2D eigenvalue weighted by molar-refractivity contribution is -0.123. The van der Waals surface area contributed by atoms with Gasteiger partial charge in [-0.3, -0.25) is 4.79 Å². The second-order valence-corrected chi connectivity index (χ2v) is 7.16. The van der Waals surface area contributed by atoms with E-state index in [1.165, 1.54) is 11.1 Å². The molecule has 26 heavy (non-hydrogen) atoms. The van der Waals surface area contributed by atoms with Crippen molar-refractivity contribution in [2.75, 3.05) is 27.2 Å². The van der Waals surface area contributed by atoms with Gasteiger partial charge in [-0.2, -0.15) is 0 Å². The largest absolute Gasteiger partial charge is 0.492 e. The van der Waals surface area contributed by atoms with Crippen LogP contribution in [0.25, 0.3) is 0 Å². The third kappa shape index (κ3) is 4.85. The maximum absolute atomic E-state index is 12.7. The number of hydrogen-bond donors (Lipinski definition) is 1. The summed E-state index contributed by atoms with van der Waals surface area (Å²) >= 11 is 0. The first-order valence-corrected chi connectivity index (χ1v) is 9.35. The molecule has 4 heteroatoms. The minimum atomic E-state index is -0.0198. The second-order valence-electron chi connectivity index (χ2n) is 7.16. The van der Waals surface area contributed by atoms with Crippen LogP contribution in [0.15, 0.2) is 48.5 Å². The van der Waals surface area contributed by atoms with Crippen LogP contribution in [0.3, 0.4) is 0 Å². The quantitative estimate of drug-likeness (QED) is 0.831.